The maximum Gasteiger partial charge on any atom is 0.410 e. The topological polar surface area (TPSA) is 76.2 Å². The predicted molar refractivity (Wildman–Crippen MR) is 108 cm³/mol. The van der Waals surface area contributed by atoms with Crippen LogP contribution < -0.4 is 4.74 Å². The van der Waals surface area contributed by atoms with Gasteiger partial charge in [0.25, 0.3) is 0 Å². The monoisotopic (exact) mass is 458 g/mol. The van der Waals surface area contributed by atoms with Crippen LogP contribution in [0.5, 0.6) is 5.75 Å². The number of carbonyl (C=O) groups is 1. The molecule has 0 radical (unpaired) electrons. The number of hydrogen-bond acceptors (Lipinski definition) is 5. The van der Waals surface area contributed by atoms with Gasteiger partial charge in [-0.05, 0) is 70.7 Å². The number of benzene rings is 1. The molecule has 31 heavy (non-hydrogen) atoms. The number of nitrogens with zero attached hydrogens (tertiary/aromatic N) is 2. The number of amides is 1. The van der Waals surface area contributed by atoms with Crippen LogP contribution in [0.1, 0.15) is 46.5 Å². The van der Waals surface area contributed by atoms with E-state index in [1.165, 1.54) is 28.6 Å². The largest absolute Gasteiger partial charge is 0.444 e. The average Bonchev–Trinajstić information content (AvgIpc) is 2.89. The van der Waals surface area contributed by atoms with Crippen LogP contribution in [-0.2, 0) is 14.8 Å². The summed E-state index contributed by atoms with van der Waals surface area (Å²) in [6.45, 7) is 3.39. The van der Waals surface area contributed by atoms with E-state index in [0.29, 0.717) is 13.1 Å². The molecule has 1 amide bonds. The second-order valence-electron chi connectivity index (χ2n) is 9.80. The zero-order chi connectivity index (χ0) is 22.6. The van der Waals surface area contributed by atoms with Gasteiger partial charge in [0.15, 0.2) is 0 Å². The van der Waals surface area contributed by atoms with E-state index in [4.69, 9.17) is 4.74 Å². The fraction of sp³-hybridized carbons (Fsp3) is 0.667. The van der Waals surface area contributed by atoms with Gasteiger partial charge in [-0.15, -0.1) is 0 Å². The van der Waals surface area contributed by atoms with Gasteiger partial charge in [0.2, 0.25) is 10.0 Å². The molecule has 2 bridgehead atoms. The van der Waals surface area contributed by atoms with Crippen LogP contribution in [0.2, 0.25) is 0 Å². The van der Waals surface area contributed by atoms with E-state index in [-0.39, 0.29) is 34.2 Å². The summed E-state index contributed by atoms with van der Waals surface area (Å²) in [5.74, 6) is -0.0832. The molecular weight excluding hydrogens is 430 g/mol. The van der Waals surface area contributed by atoms with Gasteiger partial charge in [-0.3, -0.25) is 0 Å². The van der Waals surface area contributed by atoms with Crippen molar-refractivity contribution in [3.63, 3.8) is 0 Å². The molecule has 1 aromatic rings. The molecule has 0 saturated carbocycles. The highest BCUT2D eigenvalue weighted by Crippen LogP contribution is 2.51. The Bertz CT molecular complexity index is 924. The van der Waals surface area contributed by atoms with Crippen LogP contribution in [0.4, 0.5) is 13.6 Å². The summed E-state index contributed by atoms with van der Waals surface area (Å²) >= 11 is 0. The summed E-state index contributed by atoms with van der Waals surface area (Å²) in [6, 6.07) is 5.18. The van der Waals surface area contributed by atoms with Gasteiger partial charge >= 0.3 is 12.7 Å². The second kappa shape index (κ2) is 7.58. The van der Waals surface area contributed by atoms with Crippen molar-refractivity contribution in [1.29, 1.82) is 0 Å². The molecule has 2 unspecified atom stereocenters. The molecule has 3 aliphatic heterocycles. The molecule has 7 nitrogen and oxygen atoms in total. The van der Waals surface area contributed by atoms with Crippen molar-refractivity contribution >= 4 is 16.1 Å². The predicted octanol–water partition coefficient (Wildman–Crippen LogP) is 3.84. The number of halogens is 2. The van der Waals surface area contributed by atoms with Gasteiger partial charge in [0.05, 0.1) is 4.90 Å². The van der Waals surface area contributed by atoms with E-state index in [9.17, 15) is 22.0 Å². The lowest BCUT2D eigenvalue weighted by atomic mass is 9.70. The Hall–Kier alpha value is -1.94. The highest BCUT2D eigenvalue weighted by Gasteiger charge is 2.57. The number of carbonyl (C=O) groups excluding carboxylic acids is 1. The van der Waals surface area contributed by atoms with Crippen molar-refractivity contribution in [3.05, 3.63) is 24.3 Å². The summed E-state index contributed by atoms with van der Waals surface area (Å²) in [5, 5.41) is 0. The third kappa shape index (κ3) is 4.37. The molecule has 0 N–H and O–H groups in total. The van der Waals surface area contributed by atoms with Gasteiger partial charge < -0.3 is 14.4 Å². The molecule has 3 fully saturated rings. The lowest BCUT2D eigenvalue weighted by Gasteiger charge is -2.55. The quantitative estimate of drug-likeness (QED) is 0.685. The van der Waals surface area contributed by atoms with Gasteiger partial charge in [0, 0.05) is 30.6 Å². The third-order valence-corrected chi connectivity index (χ3v) is 8.08. The van der Waals surface area contributed by atoms with E-state index < -0.39 is 22.2 Å². The highest BCUT2D eigenvalue weighted by atomic mass is 32.2. The van der Waals surface area contributed by atoms with E-state index in [0.717, 1.165) is 25.7 Å². The van der Waals surface area contributed by atoms with Crippen molar-refractivity contribution in [2.75, 3.05) is 13.1 Å². The summed E-state index contributed by atoms with van der Waals surface area (Å²) in [7, 11) is -3.71. The maximum absolute atomic E-state index is 12.9. The first-order valence-corrected chi connectivity index (χ1v) is 11.9. The van der Waals surface area contributed by atoms with Crippen molar-refractivity contribution in [2.24, 2.45) is 5.41 Å². The molecule has 3 saturated heterocycles. The number of ether oxygens (including phenoxy) is 2. The summed E-state index contributed by atoms with van der Waals surface area (Å²) < 4.78 is 61.7. The second-order valence-corrected chi connectivity index (χ2v) is 11.7. The van der Waals surface area contributed by atoms with Crippen LogP contribution in [0.15, 0.2) is 29.2 Å². The Kier molecular flexibility index (Phi) is 5.44. The molecule has 172 valence electrons. The van der Waals surface area contributed by atoms with E-state index >= 15 is 0 Å². The molecule has 0 aliphatic carbocycles. The molecule has 3 heterocycles. The first-order chi connectivity index (χ1) is 14.4. The lowest BCUT2D eigenvalue weighted by molar-refractivity contribution is -0.0501. The first kappa shape index (κ1) is 22.3. The molecular formula is C21H28F2N2O5S. The van der Waals surface area contributed by atoms with Crippen LogP contribution in [-0.4, -0.2) is 61.1 Å². The normalized spacial score (nSPS) is 25.5. The first-order valence-electron chi connectivity index (χ1n) is 10.4. The lowest BCUT2D eigenvalue weighted by Crippen LogP contribution is -2.64. The number of alkyl halides is 2. The van der Waals surface area contributed by atoms with Gasteiger partial charge in [-0.1, -0.05) is 0 Å². The molecule has 0 aromatic heterocycles. The van der Waals surface area contributed by atoms with E-state index in [1.54, 1.807) is 0 Å². The van der Waals surface area contributed by atoms with Crippen molar-refractivity contribution < 1.29 is 31.5 Å². The summed E-state index contributed by atoms with van der Waals surface area (Å²) in [6.07, 6.45) is 3.05. The van der Waals surface area contributed by atoms with Crippen molar-refractivity contribution in [3.8, 4) is 5.75 Å². The fourth-order valence-corrected chi connectivity index (χ4v) is 6.80. The van der Waals surface area contributed by atoms with Crippen LogP contribution in [0.3, 0.4) is 0 Å². The molecule has 4 rings (SSSR count). The molecule has 2 atom stereocenters. The minimum absolute atomic E-state index is 0.0538. The third-order valence-electron chi connectivity index (χ3n) is 6.27. The summed E-state index contributed by atoms with van der Waals surface area (Å²) in [5.41, 5.74) is -0.681. The Morgan fingerprint density at radius 2 is 1.65 bits per heavy atom. The number of hydrogen-bond donors (Lipinski definition) is 0. The Balaban J connectivity index is 1.40. The molecule has 10 heteroatoms. The number of fused-ring (bicyclic) bond motifs is 2. The minimum Gasteiger partial charge on any atom is -0.444 e. The molecule has 1 spiro atoms. The number of sulfonamides is 1. The molecule has 1 aromatic carbocycles. The van der Waals surface area contributed by atoms with E-state index in [2.05, 4.69) is 4.74 Å². The summed E-state index contributed by atoms with van der Waals surface area (Å²) in [4.78, 5) is 14.5. The van der Waals surface area contributed by atoms with Crippen molar-refractivity contribution in [1.82, 2.24) is 9.21 Å². The maximum atomic E-state index is 12.9. The van der Waals surface area contributed by atoms with Gasteiger partial charge in [-0.25, -0.2) is 13.2 Å². The molecule has 3 aliphatic rings. The van der Waals surface area contributed by atoms with Crippen LogP contribution >= 0.6 is 0 Å². The Morgan fingerprint density at radius 3 is 2.13 bits per heavy atom. The SMILES string of the molecule is CC(C)(C)OC(=O)N1C2CCC1CC1(C2)CN(S(=O)(=O)c2ccc(OC(F)F)cc2)C1. The number of piperidine rings is 1. The standard InChI is InChI=1S/C21H28F2N2O5S/c1-20(2,3)30-19(26)25-14-4-5-15(25)11-21(10-14)12-24(13-21)31(27,28)17-8-6-16(7-9-17)29-18(22)23/h6-9,14-15,18H,4-5,10-13H2,1-3H3. The Labute approximate surface area is 181 Å². The Morgan fingerprint density at radius 1 is 1.10 bits per heavy atom. The number of rotatable bonds is 4. The van der Waals surface area contributed by atoms with Gasteiger partial charge in [0.1, 0.15) is 11.4 Å². The van der Waals surface area contributed by atoms with Crippen LogP contribution in [0.25, 0.3) is 0 Å². The van der Waals surface area contributed by atoms with Gasteiger partial charge in [-0.2, -0.15) is 13.1 Å². The minimum atomic E-state index is -3.71. The fourth-order valence-electron chi connectivity index (χ4n) is 5.13. The highest BCUT2D eigenvalue weighted by molar-refractivity contribution is 7.89. The zero-order valence-electron chi connectivity index (χ0n) is 17.9. The zero-order valence-corrected chi connectivity index (χ0v) is 18.7. The average molecular weight is 459 g/mol. The van der Waals surface area contributed by atoms with Crippen LogP contribution in [0, 0.1) is 5.41 Å². The van der Waals surface area contributed by atoms with Crippen molar-refractivity contribution in [2.45, 2.75) is 75.6 Å². The van der Waals surface area contributed by atoms with E-state index in [1.807, 2.05) is 25.7 Å². The smallest absolute Gasteiger partial charge is 0.410 e.